The molecule has 0 aliphatic heterocycles. The van der Waals surface area contributed by atoms with E-state index in [1.807, 2.05) is 30.1 Å². The molecule has 0 amide bonds. The third-order valence-corrected chi connectivity index (χ3v) is 2.97. The van der Waals surface area contributed by atoms with Gasteiger partial charge in [-0.2, -0.15) is 0 Å². The van der Waals surface area contributed by atoms with E-state index in [-0.39, 0.29) is 11.1 Å². The van der Waals surface area contributed by atoms with Gasteiger partial charge in [0.15, 0.2) is 0 Å². The normalized spacial score (nSPS) is 9.20. The molecule has 2 aromatic rings. The van der Waals surface area contributed by atoms with Crippen LogP contribution >= 0.6 is 0 Å². The van der Waals surface area contributed by atoms with E-state index in [1.165, 1.54) is 0 Å². The molecule has 0 saturated carbocycles. The molecule has 0 heterocycles. The first-order valence-corrected chi connectivity index (χ1v) is 6.09. The number of hydrogen-bond acceptors (Lipinski definition) is 2. The van der Waals surface area contributed by atoms with E-state index in [1.54, 1.807) is 42.5 Å². The van der Waals surface area contributed by atoms with Gasteiger partial charge in [0.05, 0.1) is 11.1 Å². The van der Waals surface area contributed by atoms with Gasteiger partial charge in [-0.25, -0.2) is 9.59 Å². The highest BCUT2D eigenvalue weighted by molar-refractivity contribution is 6.22. The van der Waals surface area contributed by atoms with Gasteiger partial charge in [0, 0.05) is 5.56 Å². The highest BCUT2D eigenvalue weighted by Crippen LogP contribution is 2.29. The zero-order chi connectivity index (χ0) is 14.4. The summed E-state index contributed by atoms with van der Waals surface area (Å²) in [7, 11) is 0. The van der Waals surface area contributed by atoms with Gasteiger partial charge in [-0.3, -0.25) is 0 Å². The van der Waals surface area contributed by atoms with Crippen LogP contribution in [0.1, 0.15) is 16.7 Å². The molecule has 2 nitrogen and oxygen atoms in total. The lowest BCUT2D eigenvalue weighted by atomic mass is 9.91. The van der Waals surface area contributed by atoms with Gasteiger partial charge < -0.3 is 0 Å². The van der Waals surface area contributed by atoms with Gasteiger partial charge in [0.25, 0.3) is 0 Å². The first kappa shape index (κ1) is 13.5. The molecular formula is C18H12O2. The molecule has 0 N–H and O–H groups in total. The number of benzene rings is 2. The number of allylic oxidation sites excluding steroid dienone is 2. The lowest BCUT2D eigenvalue weighted by molar-refractivity contribution is 0.567. The Morgan fingerprint density at radius 3 is 2.05 bits per heavy atom. The van der Waals surface area contributed by atoms with Crippen LogP contribution in [0.4, 0.5) is 0 Å². The Kier molecular flexibility index (Phi) is 4.26. The Bertz CT molecular complexity index is 729. The topological polar surface area (TPSA) is 34.1 Å². The maximum Gasteiger partial charge on any atom is 0.134 e. The molecule has 2 rings (SSSR count). The van der Waals surface area contributed by atoms with Gasteiger partial charge >= 0.3 is 0 Å². The van der Waals surface area contributed by atoms with Crippen LogP contribution in [-0.4, -0.2) is 11.9 Å². The lowest BCUT2D eigenvalue weighted by Gasteiger charge is -2.08. The SMILES string of the molecule is C=Cc1ccccc1C(=C=O)C(=C=O)c1ccccc1. The van der Waals surface area contributed by atoms with Gasteiger partial charge in [0.2, 0.25) is 0 Å². The van der Waals surface area contributed by atoms with E-state index >= 15 is 0 Å². The fourth-order valence-corrected chi connectivity index (χ4v) is 2.00. The summed E-state index contributed by atoms with van der Waals surface area (Å²) >= 11 is 0. The molecular weight excluding hydrogens is 248 g/mol. The quantitative estimate of drug-likeness (QED) is 0.623. The summed E-state index contributed by atoms with van der Waals surface area (Å²) < 4.78 is 0. The predicted octanol–water partition coefficient (Wildman–Crippen LogP) is 3.46. The smallest absolute Gasteiger partial charge is 0.134 e. The van der Waals surface area contributed by atoms with Crippen LogP contribution in [0.5, 0.6) is 0 Å². The first-order chi connectivity index (χ1) is 9.81. The molecule has 0 spiro atoms. The third kappa shape index (κ3) is 2.57. The maximum atomic E-state index is 11.4. The van der Waals surface area contributed by atoms with Crippen LogP contribution in [0.3, 0.4) is 0 Å². The Hall–Kier alpha value is -2.92. The summed E-state index contributed by atoms with van der Waals surface area (Å²) in [5.41, 5.74) is 2.44. The molecule has 20 heavy (non-hydrogen) atoms. The third-order valence-electron chi connectivity index (χ3n) is 2.97. The standard InChI is InChI=1S/C18H12O2/c1-2-14-8-6-7-11-16(14)18(13-20)17(12-19)15-9-4-3-5-10-15/h2-11H,1H2. The molecule has 0 aliphatic carbocycles. The maximum absolute atomic E-state index is 11.4. The van der Waals surface area contributed by atoms with Gasteiger partial charge in [-0.15, -0.1) is 0 Å². The van der Waals surface area contributed by atoms with Gasteiger partial charge in [-0.05, 0) is 11.1 Å². The molecule has 0 radical (unpaired) electrons. The fraction of sp³-hybridized carbons (Fsp3) is 0. The second-order valence-corrected chi connectivity index (χ2v) is 4.11. The van der Waals surface area contributed by atoms with Crippen molar-refractivity contribution in [1.29, 1.82) is 0 Å². The summed E-state index contributed by atoms with van der Waals surface area (Å²) in [6, 6.07) is 16.2. The van der Waals surface area contributed by atoms with Crippen LogP contribution in [0, 0.1) is 0 Å². The van der Waals surface area contributed by atoms with Crippen LogP contribution in [0.15, 0.2) is 61.2 Å². The molecule has 0 saturated heterocycles. The second-order valence-electron chi connectivity index (χ2n) is 4.11. The first-order valence-electron chi connectivity index (χ1n) is 6.09. The van der Waals surface area contributed by atoms with Crippen molar-refractivity contribution >= 4 is 29.1 Å². The summed E-state index contributed by atoms with van der Waals surface area (Å²) in [6.07, 6.45) is 1.64. The minimum Gasteiger partial charge on any atom is -0.233 e. The molecule has 0 bridgehead atoms. The van der Waals surface area contributed by atoms with Crippen LogP contribution in [-0.2, 0) is 9.59 Å². The fourth-order valence-electron chi connectivity index (χ4n) is 2.00. The summed E-state index contributed by atoms with van der Waals surface area (Å²) in [6.45, 7) is 3.72. The molecule has 0 aliphatic rings. The number of rotatable bonds is 4. The van der Waals surface area contributed by atoms with Crippen molar-refractivity contribution in [1.82, 2.24) is 0 Å². The van der Waals surface area contributed by atoms with E-state index in [9.17, 15) is 9.59 Å². The Labute approximate surface area is 117 Å². The summed E-state index contributed by atoms with van der Waals surface area (Å²) in [5.74, 6) is 3.71. The minimum atomic E-state index is 0.196. The average molecular weight is 260 g/mol. The zero-order valence-corrected chi connectivity index (χ0v) is 10.8. The predicted molar refractivity (Wildman–Crippen MR) is 81.2 cm³/mol. The highest BCUT2D eigenvalue weighted by Gasteiger charge is 2.15. The van der Waals surface area contributed by atoms with E-state index in [0.717, 1.165) is 5.56 Å². The molecule has 2 aromatic carbocycles. The average Bonchev–Trinajstić information content (AvgIpc) is 2.53. The van der Waals surface area contributed by atoms with E-state index in [2.05, 4.69) is 6.58 Å². The molecule has 2 heteroatoms. The van der Waals surface area contributed by atoms with Crippen molar-refractivity contribution in [2.75, 3.05) is 0 Å². The van der Waals surface area contributed by atoms with Crippen molar-refractivity contribution < 1.29 is 9.59 Å². The summed E-state index contributed by atoms with van der Waals surface area (Å²) in [4.78, 5) is 22.6. The Balaban J connectivity index is 2.62. The second kappa shape index (κ2) is 6.31. The number of carbonyl (C=O) groups excluding carboxylic acids is 2. The van der Waals surface area contributed by atoms with Crippen molar-refractivity contribution in [3.05, 3.63) is 77.9 Å². The van der Waals surface area contributed by atoms with E-state index < -0.39 is 0 Å². The van der Waals surface area contributed by atoms with E-state index in [4.69, 9.17) is 0 Å². The number of hydrogen-bond donors (Lipinski definition) is 0. The zero-order valence-electron chi connectivity index (χ0n) is 10.8. The van der Waals surface area contributed by atoms with Crippen LogP contribution < -0.4 is 0 Å². The van der Waals surface area contributed by atoms with Crippen LogP contribution in [0.25, 0.3) is 17.2 Å². The van der Waals surface area contributed by atoms with Crippen molar-refractivity contribution in [2.24, 2.45) is 0 Å². The highest BCUT2D eigenvalue weighted by atomic mass is 16.1. The van der Waals surface area contributed by atoms with Gasteiger partial charge in [-0.1, -0.05) is 67.3 Å². The monoisotopic (exact) mass is 260 g/mol. The minimum absolute atomic E-state index is 0.196. The van der Waals surface area contributed by atoms with Crippen molar-refractivity contribution in [2.45, 2.75) is 0 Å². The molecule has 0 aromatic heterocycles. The summed E-state index contributed by atoms with van der Waals surface area (Å²) in [5, 5.41) is 0. The van der Waals surface area contributed by atoms with Gasteiger partial charge in [0.1, 0.15) is 11.9 Å². The Morgan fingerprint density at radius 2 is 1.45 bits per heavy atom. The lowest BCUT2D eigenvalue weighted by Crippen LogP contribution is -1.95. The molecule has 96 valence electrons. The molecule has 0 atom stereocenters. The Morgan fingerprint density at radius 1 is 0.850 bits per heavy atom. The van der Waals surface area contributed by atoms with Crippen molar-refractivity contribution in [3.63, 3.8) is 0 Å². The molecule has 0 fully saturated rings. The van der Waals surface area contributed by atoms with E-state index in [0.29, 0.717) is 11.1 Å². The molecule has 0 unspecified atom stereocenters. The largest absolute Gasteiger partial charge is 0.233 e. The van der Waals surface area contributed by atoms with Crippen molar-refractivity contribution in [3.8, 4) is 0 Å². The van der Waals surface area contributed by atoms with Crippen LogP contribution in [0.2, 0.25) is 0 Å².